The minimum absolute atomic E-state index is 0.680. The van der Waals surface area contributed by atoms with Gasteiger partial charge in [0.2, 0.25) is 0 Å². The Morgan fingerprint density at radius 1 is 1.42 bits per heavy atom. The zero-order valence-electron chi connectivity index (χ0n) is 10.7. The molecule has 2 rings (SSSR count). The highest BCUT2D eigenvalue weighted by Crippen LogP contribution is 2.30. The highest BCUT2D eigenvalue weighted by molar-refractivity contribution is 7.98. The van der Waals surface area contributed by atoms with Crippen molar-refractivity contribution >= 4 is 29.1 Å². The Kier molecular flexibility index (Phi) is 5.04. The van der Waals surface area contributed by atoms with Crippen LogP contribution in [0.4, 0.5) is 5.69 Å². The molecule has 0 fully saturated rings. The van der Waals surface area contributed by atoms with Crippen LogP contribution in [0.25, 0.3) is 0 Å². The van der Waals surface area contributed by atoms with Gasteiger partial charge in [0.15, 0.2) is 5.82 Å². The molecule has 1 aromatic carbocycles. The van der Waals surface area contributed by atoms with Crippen LogP contribution in [0, 0.1) is 0 Å². The Labute approximate surface area is 121 Å². The molecule has 1 heterocycles. The number of hydrogen-bond donors (Lipinski definition) is 1. The molecular formula is C12H16ClN5S. The number of halogens is 1. The predicted molar refractivity (Wildman–Crippen MR) is 78.2 cm³/mol. The van der Waals surface area contributed by atoms with E-state index in [1.807, 2.05) is 10.7 Å². The molecule has 19 heavy (non-hydrogen) atoms. The van der Waals surface area contributed by atoms with Gasteiger partial charge in [-0.25, -0.2) is 4.68 Å². The van der Waals surface area contributed by atoms with E-state index >= 15 is 0 Å². The fourth-order valence-electron chi connectivity index (χ4n) is 1.58. The molecule has 7 heteroatoms. The van der Waals surface area contributed by atoms with Gasteiger partial charge in [0.25, 0.3) is 0 Å². The van der Waals surface area contributed by atoms with Gasteiger partial charge in [0.05, 0.1) is 10.8 Å². The molecule has 0 aliphatic rings. The maximum absolute atomic E-state index is 6.12. The minimum atomic E-state index is 0.680. The topological polar surface area (TPSA) is 69.6 Å². The van der Waals surface area contributed by atoms with E-state index in [9.17, 15) is 0 Å². The molecule has 0 aliphatic heterocycles. The molecule has 0 radical (unpaired) electrons. The Balaban J connectivity index is 2.02. The van der Waals surface area contributed by atoms with Gasteiger partial charge in [0.1, 0.15) is 0 Å². The summed E-state index contributed by atoms with van der Waals surface area (Å²) in [7, 11) is 0. The van der Waals surface area contributed by atoms with Crippen molar-refractivity contribution in [3.05, 3.63) is 29.0 Å². The lowest BCUT2D eigenvalue weighted by Gasteiger charge is -2.06. The van der Waals surface area contributed by atoms with E-state index < -0.39 is 0 Å². The molecule has 1 aromatic heterocycles. The molecular weight excluding hydrogens is 282 g/mol. The third kappa shape index (κ3) is 3.84. The van der Waals surface area contributed by atoms with E-state index in [0.29, 0.717) is 16.5 Å². The van der Waals surface area contributed by atoms with Gasteiger partial charge < -0.3 is 5.73 Å². The molecule has 102 valence electrons. The third-order valence-corrected chi connectivity index (χ3v) is 4.13. The summed E-state index contributed by atoms with van der Waals surface area (Å²) in [6.07, 6.45) is 2.19. The standard InChI is InChI=1S/C12H16ClN5S/c1-2-3-6-18-12(15-16-17-18)8-19-11-7-9(14)4-5-10(11)13/h4-5,7H,2-3,6,8,14H2,1H3. The van der Waals surface area contributed by atoms with E-state index in [-0.39, 0.29) is 0 Å². The third-order valence-electron chi connectivity index (χ3n) is 2.64. The second kappa shape index (κ2) is 6.77. The number of aryl methyl sites for hydroxylation is 1. The smallest absolute Gasteiger partial charge is 0.161 e. The monoisotopic (exact) mass is 297 g/mol. The first-order valence-electron chi connectivity index (χ1n) is 6.13. The van der Waals surface area contributed by atoms with Crippen molar-refractivity contribution in [2.45, 2.75) is 37.0 Å². The van der Waals surface area contributed by atoms with Gasteiger partial charge in [-0.2, -0.15) is 0 Å². The van der Waals surface area contributed by atoms with Gasteiger partial charge in [-0.05, 0) is 35.0 Å². The SMILES string of the molecule is CCCCn1nnnc1CSc1cc(N)ccc1Cl. The van der Waals surface area contributed by atoms with Crippen LogP contribution in [-0.2, 0) is 12.3 Å². The summed E-state index contributed by atoms with van der Waals surface area (Å²) in [5.74, 6) is 1.54. The summed E-state index contributed by atoms with van der Waals surface area (Å²) in [5, 5.41) is 12.5. The van der Waals surface area contributed by atoms with Crippen LogP contribution in [0.3, 0.4) is 0 Å². The van der Waals surface area contributed by atoms with Crippen LogP contribution < -0.4 is 5.73 Å². The van der Waals surface area contributed by atoms with E-state index in [1.54, 1.807) is 23.9 Å². The first-order chi connectivity index (χ1) is 9.20. The van der Waals surface area contributed by atoms with Crippen LogP contribution in [0.2, 0.25) is 5.02 Å². The summed E-state index contributed by atoms with van der Waals surface area (Å²) in [6.45, 7) is 3.00. The first-order valence-corrected chi connectivity index (χ1v) is 7.50. The van der Waals surface area contributed by atoms with Crippen LogP contribution in [0.1, 0.15) is 25.6 Å². The average molecular weight is 298 g/mol. The number of nitrogens with zero attached hydrogens (tertiary/aromatic N) is 4. The summed E-state index contributed by atoms with van der Waals surface area (Å²) in [4.78, 5) is 0.951. The molecule has 0 atom stereocenters. The lowest BCUT2D eigenvalue weighted by molar-refractivity contribution is 0.540. The van der Waals surface area contributed by atoms with Crippen molar-refractivity contribution in [1.82, 2.24) is 20.2 Å². The van der Waals surface area contributed by atoms with Crippen LogP contribution in [0.5, 0.6) is 0 Å². The molecule has 2 N–H and O–H groups in total. The number of nitrogens with two attached hydrogens (primary N) is 1. The zero-order valence-corrected chi connectivity index (χ0v) is 12.3. The Morgan fingerprint density at radius 2 is 2.26 bits per heavy atom. The van der Waals surface area contributed by atoms with Crippen molar-refractivity contribution in [3.63, 3.8) is 0 Å². The summed E-state index contributed by atoms with van der Waals surface area (Å²) >= 11 is 7.72. The number of anilines is 1. The van der Waals surface area contributed by atoms with Gasteiger partial charge in [-0.3, -0.25) is 0 Å². The molecule has 0 aliphatic carbocycles. The Morgan fingerprint density at radius 3 is 3.05 bits per heavy atom. The van der Waals surface area contributed by atoms with E-state index in [2.05, 4.69) is 22.4 Å². The number of hydrogen-bond acceptors (Lipinski definition) is 5. The molecule has 0 saturated heterocycles. The van der Waals surface area contributed by atoms with Gasteiger partial charge >= 0.3 is 0 Å². The van der Waals surface area contributed by atoms with Gasteiger partial charge in [-0.15, -0.1) is 16.9 Å². The van der Waals surface area contributed by atoms with Crippen LogP contribution in [0.15, 0.2) is 23.1 Å². The number of unbranched alkanes of at least 4 members (excludes halogenated alkanes) is 1. The molecule has 2 aromatic rings. The normalized spacial score (nSPS) is 10.8. The molecule has 0 spiro atoms. The number of benzene rings is 1. The maximum atomic E-state index is 6.12. The van der Waals surface area contributed by atoms with Crippen LogP contribution >= 0.6 is 23.4 Å². The number of tetrazole rings is 1. The lowest BCUT2D eigenvalue weighted by Crippen LogP contribution is -2.05. The Hall–Kier alpha value is -1.27. The van der Waals surface area contributed by atoms with Crippen molar-refractivity contribution < 1.29 is 0 Å². The van der Waals surface area contributed by atoms with E-state index in [1.165, 1.54) is 0 Å². The minimum Gasteiger partial charge on any atom is -0.399 e. The zero-order chi connectivity index (χ0) is 13.7. The first kappa shape index (κ1) is 14.1. The second-order valence-corrected chi connectivity index (χ2v) is 5.57. The summed E-state index contributed by atoms with van der Waals surface area (Å²) in [5.41, 5.74) is 6.46. The van der Waals surface area contributed by atoms with Gasteiger partial charge in [-0.1, -0.05) is 24.9 Å². The summed E-state index contributed by atoms with van der Waals surface area (Å²) < 4.78 is 1.84. The highest BCUT2D eigenvalue weighted by Gasteiger charge is 2.08. The second-order valence-electron chi connectivity index (χ2n) is 4.15. The molecule has 0 unspecified atom stereocenters. The van der Waals surface area contributed by atoms with Crippen molar-refractivity contribution in [3.8, 4) is 0 Å². The van der Waals surface area contributed by atoms with Gasteiger partial charge in [0, 0.05) is 17.1 Å². The summed E-state index contributed by atoms with van der Waals surface area (Å²) in [6, 6.07) is 5.46. The number of nitrogen functional groups attached to an aromatic ring is 1. The lowest BCUT2D eigenvalue weighted by atomic mass is 10.3. The number of thioether (sulfide) groups is 1. The fourth-order valence-corrected chi connectivity index (χ4v) is 2.78. The molecule has 5 nitrogen and oxygen atoms in total. The van der Waals surface area contributed by atoms with Crippen molar-refractivity contribution in [2.75, 3.05) is 5.73 Å². The average Bonchev–Trinajstić information content (AvgIpc) is 2.85. The number of aromatic nitrogens is 4. The highest BCUT2D eigenvalue weighted by atomic mass is 35.5. The van der Waals surface area contributed by atoms with Crippen molar-refractivity contribution in [1.29, 1.82) is 0 Å². The predicted octanol–water partition coefficient (Wildman–Crippen LogP) is 3.00. The van der Waals surface area contributed by atoms with E-state index in [0.717, 1.165) is 30.1 Å². The van der Waals surface area contributed by atoms with E-state index in [4.69, 9.17) is 17.3 Å². The Bertz CT molecular complexity index is 543. The van der Waals surface area contributed by atoms with Crippen molar-refractivity contribution in [2.24, 2.45) is 0 Å². The molecule has 0 saturated carbocycles. The number of rotatable bonds is 6. The quantitative estimate of drug-likeness (QED) is 0.655. The van der Waals surface area contributed by atoms with Crippen LogP contribution in [-0.4, -0.2) is 20.2 Å². The molecule has 0 bridgehead atoms. The largest absolute Gasteiger partial charge is 0.399 e. The molecule has 0 amide bonds. The fraction of sp³-hybridized carbons (Fsp3) is 0.417. The maximum Gasteiger partial charge on any atom is 0.161 e.